The van der Waals surface area contributed by atoms with E-state index >= 15 is 0 Å². The Kier molecular flexibility index (Phi) is 9.37. The van der Waals surface area contributed by atoms with Gasteiger partial charge in [-0.05, 0) is 47.6 Å². The van der Waals surface area contributed by atoms with Crippen molar-refractivity contribution in [1.82, 2.24) is 0 Å². The van der Waals surface area contributed by atoms with Crippen LogP contribution in [-0.4, -0.2) is 50.9 Å². The zero-order valence-electron chi connectivity index (χ0n) is 27.2. The van der Waals surface area contributed by atoms with Gasteiger partial charge in [0.15, 0.2) is 0 Å². The fourth-order valence-electron chi connectivity index (χ4n) is 5.30. The molecule has 0 heterocycles. The van der Waals surface area contributed by atoms with Crippen LogP contribution in [0, 0.1) is 0 Å². The van der Waals surface area contributed by atoms with E-state index in [0.29, 0.717) is 11.5 Å². The summed E-state index contributed by atoms with van der Waals surface area (Å²) >= 11 is 0. The molecule has 2 aromatic rings. The Morgan fingerprint density at radius 3 is 1.30 bits per heavy atom. The van der Waals surface area contributed by atoms with Gasteiger partial charge in [0.25, 0.3) is 0 Å². The van der Waals surface area contributed by atoms with Crippen LogP contribution in [0.1, 0.15) is 89.5 Å². The summed E-state index contributed by atoms with van der Waals surface area (Å²) in [5, 5.41) is 25.0. The van der Waals surface area contributed by atoms with E-state index in [2.05, 4.69) is 105 Å². The van der Waals surface area contributed by atoms with Crippen LogP contribution >= 0.6 is 0 Å². The van der Waals surface area contributed by atoms with Crippen molar-refractivity contribution in [2.45, 2.75) is 129 Å². The van der Waals surface area contributed by atoms with Gasteiger partial charge in [-0.2, -0.15) is 0 Å². The second-order valence-electron chi connectivity index (χ2n) is 16.0. The fourth-order valence-corrected chi connectivity index (χ4v) is 7.63. The van der Waals surface area contributed by atoms with Gasteiger partial charge < -0.3 is 10.2 Å². The number of phenols is 2. The minimum Gasteiger partial charge on any atom is -0.507 e. The number of nitrogens with zero attached hydrogens (tertiary/aromatic N) is 2. The summed E-state index contributed by atoms with van der Waals surface area (Å²) in [5.74, 6) is 0.715. The van der Waals surface area contributed by atoms with E-state index in [1.165, 1.54) is 10.4 Å². The highest BCUT2D eigenvalue weighted by Crippen LogP contribution is 2.34. The zero-order chi connectivity index (χ0) is 30.3. The van der Waals surface area contributed by atoms with Crippen molar-refractivity contribution in [3.05, 3.63) is 46.5 Å². The molecule has 2 unspecified atom stereocenters. The van der Waals surface area contributed by atoms with Crippen LogP contribution < -0.4 is 10.4 Å². The predicted molar refractivity (Wildman–Crippen MR) is 181 cm³/mol. The molecule has 2 atom stereocenters. The number of hydrogen-bond acceptors (Lipinski definition) is 4. The van der Waals surface area contributed by atoms with Crippen LogP contribution in [0.25, 0.3) is 0 Å². The third-order valence-corrected chi connectivity index (χ3v) is 12.1. The van der Waals surface area contributed by atoms with E-state index in [-0.39, 0.29) is 22.9 Å². The third-order valence-electron chi connectivity index (χ3n) is 8.09. The van der Waals surface area contributed by atoms with E-state index in [1.54, 1.807) is 0 Å². The topological polar surface area (TPSA) is 65.2 Å². The first-order valence-electron chi connectivity index (χ1n) is 15.0. The highest BCUT2D eigenvalue weighted by Gasteiger charge is 2.27. The number of hydrogen-bond donors (Lipinski definition) is 2. The molecule has 1 aliphatic carbocycles. The number of aliphatic imine (C=N–C) groups is 2. The van der Waals surface area contributed by atoms with E-state index in [9.17, 15) is 10.2 Å². The van der Waals surface area contributed by atoms with Crippen LogP contribution in [0.2, 0.25) is 39.3 Å². The average molecular weight is 579 g/mol. The summed E-state index contributed by atoms with van der Waals surface area (Å²) in [5.41, 5.74) is 3.37. The maximum atomic E-state index is 11.2. The molecule has 0 bridgehead atoms. The molecule has 2 aromatic carbocycles. The van der Waals surface area contributed by atoms with Crippen molar-refractivity contribution in [3.8, 4) is 11.5 Å². The molecule has 40 heavy (non-hydrogen) atoms. The summed E-state index contributed by atoms with van der Waals surface area (Å²) < 4.78 is 0. The smallest absolute Gasteiger partial charge is 0.128 e. The molecule has 0 radical (unpaired) electrons. The molecule has 2 N–H and O–H groups in total. The van der Waals surface area contributed by atoms with Gasteiger partial charge in [0.1, 0.15) is 11.5 Å². The van der Waals surface area contributed by atoms with E-state index < -0.39 is 16.1 Å². The number of rotatable bonds is 6. The van der Waals surface area contributed by atoms with Crippen LogP contribution in [0.3, 0.4) is 0 Å². The lowest BCUT2D eigenvalue weighted by Crippen LogP contribution is -2.38. The lowest BCUT2D eigenvalue weighted by atomic mass is 9.85. The maximum Gasteiger partial charge on any atom is 0.128 e. The quantitative estimate of drug-likeness (QED) is 0.273. The minimum absolute atomic E-state index is 0.141. The standard InChI is InChI=1S/C34H54N2O2Si2/c1-33(2,3)29-19-27(39(7,8)9)16-23(31(29)37)21-35-25-14-13-15-26(18-25)36-22-24-17-28(40(10,11)12)20-30(32(24)38)34(4,5)6/h16-17,19-22,25-26,37-38H,13-15,18H2,1-12H3. The summed E-state index contributed by atoms with van der Waals surface area (Å²) in [6, 6.07) is 9.08. The van der Waals surface area contributed by atoms with Crippen molar-refractivity contribution < 1.29 is 10.2 Å². The molecular formula is C34H54N2O2Si2. The predicted octanol–water partition coefficient (Wildman–Crippen LogP) is 7.63. The molecule has 1 aliphatic rings. The van der Waals surface area contributed by atoms with Gasteiger partial charge in [-0.1, -0.05) is 115 Å². The molecule has 0 amide bonds. The van der Waals surface area contributed by atoms with Gasteiger partial charge in [0.05, 0.1) is 28.2 Å². The molecule has 3 rings (SSSR count). The van der Waals surface area contributed by atoms with Gasteiger partial charge in [0.2, 0.25) is 0 Å². The first-order valence-corrected chi connectivity index (χ1v) is 22.0. The monoisotopic (exact) mass is 578 g/mol. The van der Waals surface area contributed by atoms with E-state index in [4.69, 9.17) is 9.98 Å². The first-order chi connectivity index (χ1) is 18.2. The summed E-state index contributed by atoms with van der Waals surface area (Å²) in [7, 11) is -3.13. The summed E-state index contributed by atoms with van der Waals surface area (Å²) in [6.07, 6.45) is 7.84. The lowest BCUT2D eigenvalue weighted by Gasteiger charge is -2.27. The van der Waals surface area contributed by atoms with Crippen molar-refractivity contribution in [2.75, 3.05) is 0 Å². The maximum absolute atomic E-state index is 11.2. The van der Waals surface area contributed by atoms with Crippen LogP contribution in [0.15, 0.2) is 34.3 Å². The third kappa shape index (κ3) is 7.97. The number of aromatic hydroxyl groups is 2. The molecule has 6 heteroatoms. The van der Waals surface area contributed by atoms with Crippen LogP contribution in [-0.2, 0) is 10.8 Å². The van der Waals surface area contributed by atoms with E-state index in [0.717, 1.165) is 47.9 Å². The Morgan fingerprint density at radius 2 is 1.00 bits per heavy atom. The molecule has 0 spiro atoms. The highest BCUT2D eigenvalue weighted by atomic mass is 28.3. The SMILES string of the molecule is CC(C)(C)c1cc([Si](C)(C)C)cc(C=NC2CCCC(N=Cc3cc([Si](C)(C)C)cc(C(C)(C)C)c3O)C2)c1O. The Hall–Kier alpha value is -2.19. The molecule has 0 aromatic heterocycles. The first kappa shape index (κ1) is 32.3. The minimum atomic E-state index is -1.57. The summed E-state index contributed by atoms with van der Waals surface area (Å²) in [4.78, 5) is 9.98. The molecule has 0 saturated heterocycles. The molecule has 1 saturated carbocycles. The molecule has 4 nitrogen and oxygen atoms in total. The van der Waals surface area contributed by atoms with Gasteiger partial charge in [0, 0.05) is 23.6 Å². The van der Waals surface area contributed by atoms with Gasteiger partial charge in [-0.3, -0.25) is 9.98 Å². The molecule has 220 valence electrons. The van der Waals surface area contributed by atoms with Crippen LogP contribution in [0.5, 0.6) is 11.5 Å². The van der Waals surface area contributed by atoms with Gasteiger partial charge >= 0.3 is 0 Å². The molecule has 1 fully saturated rings. The lowest BCUT2D eigenvalue weighted by molar-refractivity contribution is 0.397. The fraction of sp³-hybridized carbons (Fsp3) is 0.588. The molecule has 0 aliphatic heterocycles. The normalized spacial score (nSPS) is 19.6. The Balaban J connectivity index is 1.87. The van der Waals surface area contributed by atoms with Crippen LogP contribution in [0.4, 0.5) is 0 Å². The van der Waals surface area contributed by atoms with Crippen molar-refractivity contribution >= 4 is 39.0 Å². The average Bonchev–Trinajstić information content (AvgIpc) is 2.80. The van der Waals surface area contributed by atoms with Crippen molar-refractivity contribution in [1.29, 1.82) is 0 Å². The second kappa shape index (κ2) is 11.6. The highest BCUT2D eigenvalue weighted by molar-refractivity contribution is 6.89. The Labute approximate surface area is 246 Å². The van der Waals surface area contributed by atoms with Crippen molar-refractivity contribution in [2.24, 2.45) is 9.98 Å². The van der Waals surface area contributed by atoms with Crippen molar-refractivity contribution in [3.63, 3.8) is 0 Å². The zero-order valence-corrected chi connectivity index (χ0v) is 29.2. The number of phenolic OH excluding ortho intramolecular Hbond substituents is 2. The number of benzene rings is 2. The molecular weight excluding hydrogens is 525 g/mol. The van der Waals surface area contributed by atoms with Gasteiger partial charge in [-0.15, -0.1) is 0 Å². The largest absolute Gasteiger partial charge is 0.507 e. The second-order valence-corrected chi connectivity index (χ2v) is 26.1. The van der Waals surface area contributed by atoms with Gasteiger partial charge in [-0.25, -0.2) is 0 Å². The van der Waals surface area contributed by atoms with E-state index in [1.807, 2.05) is 12.4 Å². The Bertz CT molecular complexity index is 1170. The summed E-state index contributed by atoms with van der Waals surface area (Å²) in [6.45, 7) is 27.0. The Morgan fingerprint density at radius 1 is 0.650 bits per heavy atom.